The maximum absolute atomic E-state index is 9.20. The van der Waals surface area contributed by atoms with Crippen molar-refractivity contribution in [2.24, 2.45) is 0 Å². The second-order valence-electron chi connectivity index (χ2n) is 4.31. The van der Waals surface area contributed by atoms with Gasteiger partial charge in [0.2, 0.25) is 0 Å². The van der Waals surface area contributed by atoms with Crippen molar-refractivity contribution >= 4 is 10.9 Å². The van der Waals surface area contributed by atoms with E-state index in [0.717, 1.165) is 22.2 Å². The first-order chi connectivity index (χ1) is 9.31. The summed E-state index contributed by atoms with van der Waals surface area (Å²) in [4.78, 5) is 4.28. The summed E-state index contributed by atoms with van der Waals surface area (Å²) in [5.74, 6) is 0.980. The van der Waals surface area contributed by atoms with Crippen LogP contribution in [0.3, 0.4) is 0 Å². The zero-order valence-electron chi connectivity index (χ0n) is 10.3. The van der Waals surface area contributed by atoms with Crippen molar-refractivity contribution in [3.8, 4) is 11.5 Å². The minimum atomic E-state index is 0.240. The van der Waals surface area contributed by atoms with Gasteiger partial charge in [0.1, 0.15) is 18.1 Å². The summed E-state index contributed by atoms with van der Waals surface area (Å²) in [6.45, 7) is 0.496. The molecule has 0 radical (unpaired) electrons. The molecule has 0 saturated heterocycles. The zero-order chi connectivity index (χ0) is 13.1. The molecule has 0 aliphatic rings. The smallest absolute Gasteiger partial charge is 0.120 e. The van der Waals surface area contributed by atoms with E-state index in [1.807, 2.05) is 24.3 Å². The van der Waals surface area contributed by atoms with Gasteiger partial charge in [-0.15, -0.1) is 0 Å². The predicted octanol–water partition coefficient (Wildman–Crippen LogP) is 3.52. The number of phenolic OH excluding ortho intramolecular Hbond substituents is 1. The lowest BCUT2D eigenvalue weighted by Crippen LogP contribution is -1.95. The van der Waals surface area contributed by atoms with E-state index in [9.17, 15) is 5.11 Å². The van der Waals surface area contributed by atoms with E-state index in [1.165, 1.54) is 0 Å². The Bertz CT molecular complexity index is 692. The van der Waals surface area contributed by atoms with Gasteiger partial charge in [-0.05, 0) is 48.0 Å². The molecule has 94 valence electrons. The summed E-state index contributed by atoms with van der Waals surface area (Å²) in [6.07, 6.45) is 1.79. The van der Waals surface area contributed by atoms with Crippen LogP contribution >= 0.6 is 0 Å². The van der Waals surface area contributed by atoms with Crippen LogP contribution in [0.1, 0.15) is 5.56 Å². The molecule has 1 heterocycles. The van der Waals surface area contributed by atoms with E-state index < -0.39 is 0 Å². The molecule has 3 rings (SSSR count). The summed E-state index contributed by atoms with van der Waals surface area (Å²) in [5, 5.41) is 10.3. The van der Waals surface area contributed by atoms with Crippen molar-refractivity contribution in [3.05, 3.63) is 66.4 Å². The van der Waals surface area contributed by atoms with E-state index in [1.54, 1.807) is 30.5 Å². The average molecular weight is 251 g/mol. The molecular weight excluding hydrogens is 238 g/mol. The van der Waals surface area contributed by atoms with Gasteiger partial charge in [-0.2, -0.15) is 0 Å². The van der Waals surface area contributed by atoms with Crippen LogP contribution in [0, 0.1) is 0 Å². The molecular formula is C16H13NO2. The summed E-state index contributed by atoms with van der Waals surface area (Å²) in [7, 11) is 0. The van der Waals surface area contributed by atoms with Crippen LogP contribution in [0.25, 0.3) is 10.9 Å². The Labute approximate surface area is 111 Å². The van der Waals surface area contributed by atoms with Crippen molar-refractivity contribution in [3.63, 3.8) is 0 Å². The van der Waals surface area contributed by atoms with Gasteiger partial charge in [0, 0.05) is 11.6 Å². The molecule has 1 N–H and O–H groups in total. The first-order valence-corrected chi connectivity index (χ1v) is 6.07. The number of aromatic hydroxyl groups is 1. The lowest BCUT2D eigenvalue weighted by Gasteiger charge is -2.07. The van der Waals surface area contributed by atoms with Crippen molar-refractivity contribution < 1.29 is 9.84 Å². The van der Waals surface area contributed by atoms with Crippen LogP contribution in [0.2, 0.25) is 0 Å². The topological polar surface area (TPSA) is 42.4 Å². The third-order valence-electron chi connectivity index (χ3n) is 2.91. The van der Waals surface area contributed by atoms with E-state index in [-0.39, 0.29) is 5.75 Å². The standard InChI is InChI=1S/C16H13NO2/c18-14-4-6-15(7-5-14)19-11-12-3-8-16-13(10-12)2-1-9-17-16/h1-10,18H,11H2. The minimum Gasteiger partial charge on any atom is -0.508 e. The first kappa shape index (κ1) is 11.5. The Hall–Kier alpha value is -2.55. The van der Waals surface area contributed by atoms with Crippen LogP contribution < -0.4 is 4.74 Å². The van der Waals surface area contributed by atoms with Gasteiger partial charge in [0.25, 0.3) is 0 Å². The van der Waals surface area contributed by atoms with Crippen LogP contribution in [-0.4, -0.2) is 10.1 Å². The number of ether oxygens (including phenoxy) is 1. The van der Waals surface area contributed by atoms with E-state index in [2.05, 4.69) is 11.1 Å². The van der Waals surface area contributed by atoms with Crippen LogP contribution in [0.4, 0.5) is 0 Å². The van der Waals surface area contributed by atoms with Gasteiger partial charge < -0.3 is 9.84 Å². The Morgan fingerprint density at radius 2 is 1.84 bits per heavy atom. The molecule has 3 aromatic rings. The van der Waals surface area contributed by atoms with Crippen LogP contribution in [-0.2, 0) is 6.61 Å². The maximum atomic E-state index is 9.20. The van der Waals surface area contributed by atoms with E-state index in [0.29, 0.717) is 6.61 Å². The van der Waals surface area contributed by atoms with Crippen molar-refractivity contribution in [1.82, 2.24) is 4.98 Å². The highest BCUT2D eigenvalue weighted by Gasteiger charge is 1.99. The second-order valence-corrected chi connectivity index (χ2v) is 4.31. The van der Waals surface area contributed by atoms with Crippen molar-refractivity contribution in [1.29, 1.82) is 0 Å². The number of fused-ring (bicyclic) bond motifs is 1. The molecule has 3 nitrogen and oxygen atoms in total. The number of aromatic nitrogens is 1. The Morgan fingerprint density at radius 3 is 2.68 bits per heavy atom. The number of hydrogen-bond acceptors (Lipinski definition) is 3. The van der Waals surface area contributed by atoms with Crippen LogP contribution in [0.15, 0.2) is 60.8 Å². The maximum Gasteiger partial charge on any atom is 0.120 e. The molecule has 0 amide bonds. The molecule has 3 heteroatoms. The molecule has 1 aromatic heterocycles. The van der Waals surface area contributed by atoms with Gasteiger partial charge in [0.05, 0.1) is 5.52 Å². The molecule has 0 unspecified atom stereocenters. The summed E-state index contributed by atoms with van der Waals surface area (Å²) >= 11 is 0. The molecule has 19 heavy (non-hydrogen) atoms. The summed E-state index contributed by atoms with van der Waals surface area (Å²) in [5.41, 5.74) is 2.07. The Kier molecular flexibility index (Phi) is 3.02. The molecule has 0 bridgehead atoms. The fourth-order valence-electron chi connectivity index (χ4n) is 1.92. The Balaban J connectivity index is 1.76. The normalized spacial score (nSPS) is 10.5. The van der Waals surface area contributed by atoms with Gasteiger partial charge in [-0.3, -0.25) is 4.98 Å². The number of rotatable bonds is 3. The number of phenols is 1. The van der Waals surface area contributed by atoms with Gasteiger partial charge in [0.15, 0.2) is 0 Å². The zero-order valence-corrected chi connectivity index (χ0v) is 10.3. The highest BCUT2D eigenvalue weighted by molar-refractivity contribution is 5.78. The predicted molar refractivity (Wildman–Crippen MR) is 74.2 cm³/mol. The third kappa shape index (κ3) is 2.65. The molecule has 0 aliphatic carbocycles. The number of pyridine rings is 1. The highest BCUT2D eigenvalue weighted by atomic mass is 16.5. The monoisotopic (exact) mass is 251 g/mol. The molecule has 0 fully saturated rings. The lowest BCUT2D eigenvalue weighted by atomic mass is 10.1. The molecule has 0 saturated carbocycles. The fourth-order valence-corrected chi connectivity index (χ4v) is 1.92. The van der Waals surface area contributed by atoms with Gasteiger partial charge in [-0.1, -0.05) is 12.1 Å². The SMILES string of the molecule is Oc1ccc(OCc2ccc3ncccc3c2)cc1. The number of benzene rings is 2. The second kappa shape index (κ2) is 4.98. The van der Waals surface area contributed by atoms with Crippen molar-refractivity contribution in [2.75, 3.05) is 0 Å². The van der Waals surface area contributed by atoms with E-state index >= 15 is 0 Å². The van der Waals surface area contributed by atoms with E-state index in [4.69, 9.17) is 4.74 Å². The molecule has 0 spiro atoms. The molecule has 0 atom stereocenters. The van der Waals surface area contributed by atoms with Crippen molar-refractivity contribution in [2.45, 2.75) is 6.61 Å². The number of nitrogens with zero attached hydrogens (tertiary/aromatic N) is 1. The van der Waals surface area contributed by atoms with Gasteiger partial charge in [-0.25, -0.2) is 0 Å². The summed E-state index contributed by atoms with van der Waals surface area (Å²) < 4.78 is 5.66. The van der Waals surface area contributed by atoms with Gasteiger partial charge >= 0.3 is 0 Å². The third-order valence-corrected chi connectivity index (χ3v) is 2.91. The minimum absolute atomic E-state index is 0.240. The lowest BCUT2D eigenvalue weighted by molar-refractivity contribution is 0.306. The highest BCUT2D eigenvalue weighted by Crippen LogP contribution is 2.18. The Morgan fingerprint density at radius 1 is 1.00 bits per heavy atom. The number of hydrogen-bond donors (Lipinski definition) is 1. The summed E-state index contributed by atoms with van der Waals surface area (Å²) in [6, 6.07) is 16.7. The molecule has 0 aliphatic heterocycles. The first-order valence-electron chi connectivity index (χ1n) is 6.07. The average Bonchev–Trinajstić information content (AvgIpc) is 2.46. The quantitative estimate of drug-likeness (QED) is 0.774. The van der Waals surface area contributed by atoms with Crippen LogP contribution in [0.5, 0.6) is 11.5 Å². The largest absolute Gasteiger partial charge is 0.508 e. The molecule has 2 aromatic carbocycles. The fraction of sp³-hybridized carbons (Fsp3) is 0.0625.